The predicted octanol–water partition coefficient (Wildman–Crippen LogP) is 4.19. The molecule has 1 aromatic rings. The summed E-state index contributed by atoms with van der Waals surface area (Å²) < 4.78 is 1.15. The van der Waals surface area contributed by atoms with E-state index in [1.807, 2.05) is 0 Å². The largest absolute Gasteiger partial charge is 0.324 e. The average Bonchev–Trinajstić information content (AvgIpc) is 2.93. The lowest BCUT2D eigenvalue weighted by Gasteiger charge is -2.29. The lowest BCUT2D eigenvalue weighted by molar-refractivity contribution is 0.284. The minimum absolute atomic E-state index is 0.239. The van der Waals surface area contributed by atoms with Crippen LogP contribution in [0.15, 0.2) is 22.7 Å². The van der Waals surface area contributed by atoms with Gasteiger partial charge in [0.25, 0.3) is 0 Å². The van der Waals surface area contributed by atoms with E-state index in [4.69, 9.17) is 5.73 Å². The van der Waals surface area contributed by atoms with Gasteiger partial charge in [0.05, 0.1) is 0 Å². The smallest absolute Gasteiger partial charge is 0.0329 e. The molecule has 4 unspecified atom stereocenters. The van der Waals surface area contributed by atoms with Crippen LogP contribution in [-0.4, -0.2) is 0 Å². The fraction of sp³-hybridized carbons (Fsp3) is 0.600. The highest BCUT2D eigenvalue weighted by atomic mass is 79.9. The summed E-state index contributed by atoms with van der Waals surface area (Å²) in [5, 5.41) is 0. The number of hydrogen-bond acceptors (Lipinski definition) is 1. The molecular weight excluding hydrogens is 274 g/mol. The van der Waals surface area contributed by atoms with Crippen molar-refractivity contribution < 1.29 is 0 Å². The average molecular weight is 294 g/mol. The molecule has 17 heavy (non-hydrogen) atoms. The van der Waals surface area contributed by atoms with Crippen molar-refractivity contribution in [3.63, 3.8) is 0 Å². The van der Waals surface area contributed by atoms with E-state index in [9.17, 15) is 0 Å². The van der Waals surface area contributed by atoms with E-state index in [0.717, 1.165) is 22.2 Å². The van der Waals surface area contributed by atoms with E-state index in [1.54, 1.807) is 0 Å². The van der Waals surface area contributed by atoms with Crippen LogP contribution in [0.25, 0.3) is 0 Å². The first-order valence-corrected chi connectivity index (χ1v) is 7.46. The van der Waals surface area contributed by atoms with Gasteiger partial charge in [0.15, 0.2) is 0 Å². The summed E-state index contributed by atoms with van der Waals surface area (Å²) in [6, 6.07) is 6.73. The fourth-order valence-electron chi connectivity index (χ4n) is 3.93. The third-order valence-corrected chi connectivity index (χ3v) is 5.35. The molecule has 2 fully saturated rings. The molecule has 0 radical (unpaired) electrons. The van der Waals surface area contributed by atoms with Crippen molar-refractivity contribution in [1.82, 2.24) is 0 Å². The van der Waals surface area contributed by atoms with Crippen molar-refractivity contribution in [1.29, 1.82) is 0 Å². The Morgan fingerprint density at radius 1 is 1.29 bits per heavy atom. The fourth-order valence-corrected chi connectivity index (χ4v) is 4.31. The second kappa shape index (κ2) is 4.40. The highest BCUT2D eigenvalue weighted by molar-refractivity contribution is 9.10. The Bertz CT molecular complexity index is 429. The Morgan fingerprint density at radius 3 is 2.76 bits per heavy atom. The maximum absolute atomic E-state index is 6.54. The molecule has 0 spiro atoms. The lowest BCUT2D eigenvalue weighted by Crippen LogP contribution is -2.26. The minimum atomic E-state index is 0.239. The van der Waals surface area contributed by atoms with E-state index in [0.29, 0.717) is 0 Å². The van der Waals surface area contributed by atoms with Gasteiger partial charge in [-0.25, -0.2) is 0 Å². The molecule has 3 rings (SSSR count). The molecule has 1 aromatic carbocycles. The van der Waals surface area contributed by atoms with Crippen molar-refractivity contribution in [3.8, 4) is 0 Å². The van der Waals surface area contributed by atoms with Crippen LogP contribution in [0.5, 0.6) is 0 Å². The zero-order valence-corrected chi connectivity index (χ0v) is 11.9. The van der Waals surface area contributed by atoms with Gasteiger partial charge in [0.2, 0.25) is 0 Å². The number of aryl methyl sites for hydroxylation is 1. The summed E-state index contributed by atoms with van der Waals surface area (Å²) in [5.41, 5.74) is 9.22. The Hall–Kier alpha value is -0.340. The molecule has 2 N–H and O–H groups in total. The zero-order chi connectivity index (χ0) is 12.0. The monoisotopic (exact) mass is 293 g/mol. The molecule has 1 nitrogen and oxygen atoms in total. The van der Waals surface area contributed by atoms with Gasteiger partial charge in [-0.05, 0) is 67.2 Å². The summed E-state index contributed by atoms with van der Waals surface area (Å²) >= 11 is 3.56. The molecule has 0 saturated heterocycles. The van der Waals surface area contributed by atoms with Gasteiger partial charge in [-0.2, -0.15) is 0 Å². The van der Waals surface area contributed by atoms with Crippen molar-refractivity contribution in [3.05, 3.63) is 33.8 Å². The Kier molecular flexibility index (Phi) is 3.04. The number of hydrogen-bond donors (Lipinski definition) is 1. The SMILES string of the molecule is Cc1ccc(Br)cc1C(N)C1CC2CCC1C2. The van der Waals surface area contributed by atoms with Crippen LogP contribution in [0.2, 0.25) is 0 Å². The van der Waals surface area contributed by atoms with E-state index in [2.05, 4.69) is 41.1 Å². The predicted molar refractivity (Wildman–Crippen MR) is 74.7 cm³/mol. The third kappa shape index (κ3) is 2.06. The Balaban J connectivity index is 1.86. The Labute approximate surface area is 112 Å². The van der Waals surface area contributed by atoms with Gasteiger partial charge in [0.1, 0.15) is 0 Å². The minimum Gasteiger partial charge on any atom is -0.324 e. The van der Waals surface area contributed by atoms with Crippen molar-refractivity contribution in [2.24, 2.45) is 23.5 Å². The van der Waals surface area contributed by atoms with Crippen molar-refractivity contribution in [2.45, 2.75) is 38.6 Å². The number of nitrogens with two attached hydrogens (primary N) is 1. The van der Waals surface area contributed by atoms with Gasteiger partial charge < -0.3 is 5.73 Å². The second-order valence-electron chi connectivity index (χ2n) is 5.87. The van der Waals surface area contributed by atoms with Crippen LogP contribution in [0.4, 0.5) is 0 Å². The van der Waals surface area contributed by atoms with Crippen LogP contribution in [-0.2, 0) is 0 Å². The van der Waals surface area contributed by atoms with Gasteiger partial charge >= 0.3 is 0 Å². The first-order valence-electron chi connectivity index (χ1n) is 6.67. The first-order chi connectivity index (χ1) is 8.15. The number of rotatable bonds is 2. The quantitative estimate of drug-likeness (QED) is 0.869. The standard InChI is InChI=1S/C15H20BrN/c1-9-2-5-12(16)8-13(9)15(17)14-7-10-3-4-11(14)6-10/h2,5,8,10-11,14-15H,3-4,6-7,17H2,1H3. The van der Waals surface area contributed by atoms with Crippen LogP contribution < -0.4 is 5.73 Å². The molecule has 0 aromatic heterocycles. The molecule has 0 amide bonds. The summed E-state index contributed by atoms with van der Waals surface area (Å²) in [4.78, 5) is 0. The maximum atomic E-state index is 6.54. The van der Waals surface area contributed by atoms with E-state index in [-0.39, 0.29) is 6.04 Å². The van der Waals surface area contributed by atoms with Crippen LogP contribution in [0, 0.1) is 24.7 Å². The van der Waals surface area contributed by atoms with Crippen LogP contribution in [0.3, 0.4) is 0 Å². The molecule has 2 aliphatic rings. The molecule has 2 saturated carbocycles. The summed E-state index contributed by atoms with van der Waals surface area (Å²) in [7, 11) is 0. The van der Waals surface area contributed by atoms with E-state index < -0.39 is 0 Å². The van der Waals surface area contributed by atoms with Gasteiger partial charge in [-0.1, -0.05) is 28.4 Å². The molecule has 0 aliphatic heterocycles. The topological polar surface area (TPSA) is 26.0 Å². The molecule has 2 heteroatoms. The van der Waals surface area contributed by atoms with Crippen molar-refractivity contribution in [2.75, 3.05) is 0 Å². The maximum Gasteiger partial charge on any atom is 0.0329 e. The molecule has 2 aliphatic carbocycles. The summed E-state index contributed by atoms with van der Waals surface area (Å²) in [6.45, 7) is 2.18. The number of halogens is 1. The van der Waals surface area contributed by atoms with E-state index >= 15 is 0 Å². The first kappa shape index (κ1) is 11.7. The molecule has 2 bridgehead atoms. The van der Waals surface area contributed by atoms with Gasteiger partial charge in [-0.3, -0.25) is 0 Å². The van der Waals surface area contributed by atoms with Crippen LogP contribution >= 0.6 is 15.9 Å². The van der Waals surface area contributed by atoms with Crippen LogP contribution in [0.1, 0.15) is 42.9 Å². The lowest BCUT2D eigenvalue weighted by atomic mass is 9.80. The van der Waals surface area contributed by atoms with Crippen molar-refractivity contribution >= 4 is 15.9 Å². The molecule has 4 atom stereocenters. The van der Waals surface area contributed by atoms with Gasteiger partial charge in [-0.15, -0.1) is 0 Å². The third-order valence-electron chi connectivity index (χ3n) is 4.85. The number of fused-ring (bicyclic) bond motifs is 2. The highest BCUT2D eigenvalue weighted by Gasteiger charge is 2.42. The number of benzene rings is 1. The molecular formula is C15H20BrN. The molecule has 92 valence electrons. The molecule has 0 heterocycles. The van der Waals surface area contributed by atoms with Gasteiger partial charge in [0, 0.05) is 10.5 Å². The van der Waals surface area contributed by atoms with E-state index in [1.165, 1.54) is 36.8 Å². The Morgan fingerprint density at radius 2 is 2.12 bits per heavy atom. The second-order valence-corrected chi connectivity index (χ2v) is 6.78. The normalized spacial score (nSPS) is 33.0. The zero-order valence-electron chi connectivity index (χ0n) is 10.3. The summed E-state index contributed by atoms with van der Waals surface area (Å²) in [6.07, 6.45) is 5.66. The highest BCUT2D eigenvalue weighted by Crippen LogP contribution is 2.52. The summed E-state index contributed by atoms with van der Waals surface area (Å²) in [5.74, 6) is 2.60.